The maximum absolute atomic E-state index is 11.3. The van der Waals surface area contributed by atoms with Crippen molar-refractivity contribution in [2.24, 2.45) is 0 Å². The Balaban J connectivity index is 1.73. The summed E-state index contributed by atoms with van der Waals surface area (Å²) in [6.07, 6.45) is 0. The van der Waals surface area contributed by atoms with E-state index >= 15 is 0 Å². The summed E-state index contributed by atoms with van der Waals surface area (Å²) in [5.41, 5.74) is 6.77. The van der Waals surface area contributed by atoms with Crippen LogP contribution in [0.25, 0.3) is 41.4 Å². The van der Waals surface area contributed by atoms with Gasteiger partial charge in [0.25, 0.3) is 0 Å². The van der Waals surface area contributed by atoms with Crippen LogP contribution in [0.2, 0.25) is 0 Å². The van der Waals surface area contributed by atoms with Crippen LogP contribution in [0, 0.1) is 0 Å². The average molecular weight is 612 g/mol. The molecule has 5 rings (SSSR count). The number of phenols is 2. The molecule has 2 heterocycles. The maximum atomic E-state index is 11.3. The van der Waals surface area contributed by atoms with Gasteiger partial charge in [0.2, 0.25) is 21.1 Å². The highest BCUT2D eigenvalue weighted by Crippen LogP contribution is 2.49. The zero-order valence-electron chi connectivity index (χ0n) is 27.9. The minimum atomic E-state index is -0.180. The van der Waals surface area contributed by atoms with Gasteiger partial charge in [-0.3, -0.25) is 0 Å². The number of thiophene rings is 2. The first-order chi connectivity index (χ1) is 19.7. The van der Waals surface area contributed by atoms with Gasteiger partial charge in [-0.2, -0.15) is 0 Å². The van der Waals surface area contributed by atoms with E-state index in [0.717, 1.165) is 33.4 Å². The molecular formula is C39H47O2S2+. The summed E-state index contributed by atoms with van der Waals surface area (Å²) in [7, 11) is 0. The van der Waals surface area contributed by atoms with E-state index in [1.165, 1.54) is 30.3 Å². The molecule has 0 saturated carbocycles. The van der Waals surface area contributed by atoms with Crippen molar-refractivity contribution in [2.75, 3.05) is 0 Å². The molecule has 2 nitrogen and oxygen atoms in total. The highest BCUT2D eigenvalue weighted by atomic mass is 32.1. The van der Waals surface area contributed by atoms with Crippen LogP contribution < -0.4 is 0 Å². The maximum Gasteiger partial charge on any atom is 0.239 e. The molecule has 43 heavy (non-hydrogen) atoms. The van der Waals surface area contributed by atoms with Crippen molar-refractivity contribution in [1.29, 1.82) is 0 Å². The van der Waals surface area contributed by atoms with Crippen LogP contribution in [0.15, 0.2) is 54.6 Å². The monoisotopic (exact) mass is 611 g/mol. The van der Waals surface area contributed by atoms with Gasteiger partial charge in [-0.05, 0) is 63.6 Å². The van der Waals surface area contributed by atoms with Crippen LogP contribution in [0.5, 0.6) is 11.5 Å². The first-order valence-electron chi connectivity index (χ1n) is 15.2. The average Bonchev–Trinajstić information content (AvgIpc) is 3.42. The number of fused-ring (bicyclic) bond motifs is 3. The van der Waals surface area contributed by atoms with Gasteiger partial charge in [0.1, 0.15) is 11.5 Å². The van der Waals surface area contributed by atoms with Gasteiger partial charge in [0, 0.05) is 54.9 Å². The highest BCUT2D eigenvalue weighted by Gasteiger charge is 2.31. The molecule has 2 aliphatic rings. The molecule has 4 heteroatoms. The van der Waals surface area contributed by atoms with E-state index in [9.17, 15) is 10.2 Å². The fourth-order valence-corrected chi connectivity index (χ4v) is 7.98. The summed E-state index contributed by atoms with van der Waals surface area (Å²) in [5.74, 6) is 0.832. The summed E-state index contributed by atoms with van der Waals surface area (Å²) in [4.78, 5) is 3.66. The molecule has 0 saturated heterocycles. The Bertz CT molecular complexity index is 1740. The Morgan fingerprint density at radius 2 is 0.977 bits per heavy atom. The minimum absolute atomic E-state index is 0.180. The highest BCUT2D eigenvalue weighted by molar-refractivity contribution is 7.22. The van der Waals surface area contributed by atoms with Gasteiger partial charge in [-0.1, -0.05) is 89.2 Å². The van der Waals surface area contributed by atoms with Gasteiger partial charge >= 0.3 is 0 Å². The van der Waals surface area contributed by atoms with Crippen LogP contribution in [0.4, 0.5) is 0 Å². The smallest absolute Gasteiger partial charge is 0.239 e. The van der Waals surface area contributed by atoms with E-state index in [-0.39, 0.29) is 21.7 Å². The molecule has 1 aromatic heterocycles. The van der Waals surface area contributed by atoms with Gasteiger partial charge < -0.3 is 10.2 Å². The van der Waals surface area contributed by atoms with Crippen molar-refractivity contribution in [3.05, 3.63) is 76.9 Å². The van der Waals surface area contributed by atoms with Crippen molar-refractivity contribution >= 4 is 32.8 Å². The van der Waals surface area contributed by atoms with Gasteiger partial charge in [-0.25, -0.2) is 0 Å². The number of phenolic OH excluding ortho intramolecular Hbond substituents is 2. The quantitative estimate of drug-likeness (QED) is 0.195. The molecule has 0 bridgehead atoms. The van der Waals surface area contributed by atoms with Gasteiger partial charge in [0.15, 0.2) is 0 Å². The Morgan fingerprint density at radius 3 is 1.42 bits per heavy atom. The summed E-state index contributed by atoms with van der Waals surface area (Å²) < 4.78 is 1.24. The lowest BCUT2D eigenvalue weighted by atomic mass is 9.78. The van der Waals surface area contributed by atoms with Crippen LogP contribution in [0.1, 0.15) is 105 Å². The van der Waals surface area contributed by atoms with Crippen molar-refractivity contribution < 1.29 is 10.2 Å². The Kier molecular flexibility index (Phi) is 7.55. The van der Waals surface area contributed by atoms with Gasteiger partial charge in [-0.15, -0.1) is 11.3 Å². The Hall–Kier alpha value is -2.95. The molecule has 0 unspecified atom stereocenters. The number of benzene rings is 2. The van der Waals surface area contributed by atoms with E-state index in [0.29, 0.717) is 11.5 Å². The molecule has 0 atom stereocenters. The fourth-order valence-electron chi connectivity index (χ4n) is 5.83. The molecule has 3 aromatic rings. The molecule has 0 fully saturated rings. The molecule has 2 aromatic carbocycles. The predicted octanol–water partition coefficient (Wildman–Crippen LogP) is 12.3. The van der Waals surface area contributed by atoms with E-state index in [4.69, 9.17) is 0 Å². The second-order valence-corrected chi connectivity index (χ2v) is 18.3. The van der Waals surface area contributed by atoms with Crippen LogP contribution in [-0.4, -0.2) is 10.2 Å². The molecule has 1 aliphatic carbocycles. The third kappa shape index (κ3) is 5.93. The molecule has 226 valence electrons. The second-order valence-electron chi connectivity index (χ2n) is 16.1. The third-order valence-corrected chi connectivity index (χ3v) is 10.6. The largest absolute Gasteiger partial charge is 0.507 e. The first kappa shape index (κ1) is 31.5. The molecule has 0 radical (unpaired) electrons. The summed E-state index contributed by atoms with van der Waals surface area (Å²) in [6, 6.07) is 20.0. The number of aromatic hydroxyl groups is 2. The Morgan fingerprint density at radius 1 is 0.535 bits per heavy atom. The zero-order valence-corrected chi connectivity index (χ0v) is 29.5. The lowest BCUT2D eigenvalue weighted by molar-refractivity contribution is 0.422. The molecule has 0 spiro atoms. The standard InChI is InChI=1S/C39H46O2S2/c1-36(2,3)26-16-22(17-27(34(26)40)37(4,5)6)32-20-24-25-21-33(43-31(25)15-13-14-30(24)42-32)23-18-28(38(7,8)9)35(41)29(19-23)39(10,11)12/h13-21H,1-12H3,(H-,40,41)/p+1. The summed E-state index contributed by atoms with van der Waals surface area (Å²) in [5, 5.41) is 23.9. The molecule has 2 N–H and O–H groups in total. The SMILES string of the molecule is CC(C)(C)c1cc(-c2cc3c4cc(-c5cc(C(C)(C)C)c(O)c(C(C)(C)C)c5)[s+]c-4cccc3s2)cc(C(C)(C)C)c1O. The summed E-state index contributed by atoms with van der Waals surface area (Å²) in [6.45, 7) is 26.0. The lowest BCUT2D eigenvalue weighted by Crippen LogP contribution is -2.17. The lowest BCUT2D eigenvalue weighted by Gasteiger charge is -2.28. The number of hydrogen-bond acceptors (Lipinski definition) is 3. The van der Waals surface area contributed by atoms with E-state index in [2.05, 4.69) is 138 Å². The van der Waals surface area contributed by atoms with Crippen LogP contribution >= 0.6 is 22.7 Å². The van der Waals surface area contributed by atoms with Crippen LogP contribution in [-0.2, 0) is 21.7 Å². The van der Waals surface area contributed by atoms with Crippen molar-refractivity contribution in [2.45, 2.75) is 105 Å². The summed E-state index contributed by atoms with van der Waals surface area (Å²) >= 11 is 3.62. The van der Waals surface area contributed by atoms with Crippen molar-refractivity contribution in [3.8, 4) is 42.8 Å². The van der Waals surface area contributed by atoms with Crippen molar-refractivity contribution in [1.82, 2.24) is 0 Å². The van der Waals surface area contributed by atoms with E-state index in [1.807, 2.05) is 22.7 Å². The second kappa shape index (κ2) is 10.3. The van der Waals surface area contributed by atoms with Gasteiger partial charge in [0.05, 0.1) is 5.56 Å². The number of rotatable bonds is 2. The van der Waals surface area contributed by atoms with E-state index in [1.54, 1.807) is 0 Å². The third-order valence-electron chi connectivity index (χ3n) is 8.33. The first-order valence-corrected chi connectivity index (χ1v) is 16.9. The van der Waals surface area contributed by atoms with Crippen molar-refractivity contribution in [3.63, 3.8) is 0 Å². The predicted molar refractivity (Wildman–Crippen MR) is 190 cm³/mol. The zero-order chi connectivity index (χ0) is 31.9. The topological polar surface area (TPSA) is 40.5 Å². The van der Waals surface area contributed by atoms with E-state index < -0.39 is 0 Å². The molecule has 1 aliphatic heterocycles. The fraction of sp³-hybridized carbons (Fsp3) is 0.410. The normalized spacial score (nSPS) is 13.3. The van der Waals surface area contributed by atoms with Crippen LogP contribution in [0.3, 0.4) is 0 Å². The Labute approximate surface area is 266 Å². The number of hydrogen-bond donors (Lipinski definition) is 2. The molecule has 0 amide bonds. The minimum Gasteiger partial charge on any atom is -0.507 e. The molecular weight excluding hydrogens is 565 g/mol.